The van der Waals surface area contributed by atoms with Gasteiger partial charge < -0.3 is 10.2 Å². The molecule has 4 nitrogen and oxygen atoms in total. The van der Waals surface area contributed by atoms with Gasteiger partial charge >= 0.3 is 0 Å². The summed E-state index contributed by atoms with van der Waals surface area (Å²) in [7, 11) is 0. The highest BCUT2D eigenvalue weighted by Crippen LogP contribution is 2.10. The van der Waals surface area contributed by atoms with E-state index in [-0.39, 0.29) is 5.91 Å². The van der Waals surface area contributed by atoms with Crippen LogP contribution in [0.4, 0.5) is 5.69 Å². The molecule has 122 valence electrons. The van der Waals surface area contributed by atoms with Gasteiger partial charge in [-0.15, -0.1) is 0 Å². The monoisotopic (exact) mass is 375 g/mol. The first kappa shape index (κ1) is 17.6. The third-order valence-corrected chi connectivity index (χ3v) is 4.14. The third-order valence-electron chi connectivity index (χ3n) is 3.67. The van der Waals surface area contributed by atoms with Crippen molar-refractivity contribution in [3.8, 4) is 0 Å². The first-order valence-electron chi connectivity index (χ1n) is 7.85. The molecular weight excluding hydrogens is 354 g/mol. The van der Waals surface area contributed by atoms with E-state index in [1.165, 1.54) is 5.56 Å². The van der Waals surface area contributed by atoms with E-state index in [4.69, 9.17) is 0 Å². The van der Waals surface area contributed by atoms with Crippen LogP contribution in [0.5, 0.6) is 0 Å². The topological polar surface area (TPSA) is 45.2 Å². The summed E-state index contributed by atoms with van der Waals surface area (Å²) in [5.41, 5.74) is 2.06. The predicted octanol–water partition coefficient (Wildman–Crippen LogP) is 3.74. The van der Waals surface area contributed by atoms with E-state index in [2.05, 4.69) is 62.3 Å². The Morgan fingerprint density at radius 1 is 1.17 bits per heavy atom. The standard InChI is InChI=1S/C18H22BrN3O/c1-2-22(12-10-15-6-4-3-5-7-15)13-11-18(23)21-16-8-9-17(19)20-14-16/h3-9,14H,2,10-13H2,1H3,(H,21,23). The van der Waals surface area contributed by atoms with Crippen molar-refractivity contribution in [2.45, 2.75) is 19.8 Å². The number of hydrogen-bond acceptors (Lipinski definition) is 3. The van der Waals surface area contributed by atoms with Crippen molar-refractivity contribution in [2.24, 2.45) is 0 Å². The van der Waals surface area contributed by atoms with Gasteiger partial charge in [-0.3, -0.25) is 4.79 Å². The summed E-state index contributed by atoms with van der Waals surface area (Å²) < 4.78 is 0.758. The summed E-state index contributed by atoms with van der Waals surface area (Å²) in [6, 6.07) is 14.1. The van der Waals surface area contributed by atoms with Crippen molar-refractivity contribution in [3.63, 3.8) is 0 Å². The number of halogens is 1. The smallest absolute Gasteiger partial charge is 0.225 e. The van der Waals surface area contributed by atoms with Crippen molar-refractivity contribution in [3.05, 3.63) is 58.8 Å². The number of benzene rings is 1. The Morgan fingerprint density at radius 3 is 2.61 bits per heavy atom. The molecule has 0 aliphatic rings. The van der Waals surface area contributed by atoms with Crippen molar-refractivity contribution in [2.75, 3.05) is 25.0 Å². The lowest BCUT2D eigenvalue weighted by atomic mass is 10.1. The van der Waals surface area contributed by atoms with Crippen LogP contribution in [0.15, 0.2) is 53.3 Å². The van der Waals surface area contributed by atoms with Gasteiger partial charge in [0, 0.05) is 19.5 Å². The zero-order valence-electron chi connectivity index (χ0n) is 13.3. The first-order chi connectivity index (χ1) is 11.2. The minimum atomic E-state index is 0.0206. The molecule has 2 rings (SSSR count). The Labute approximate surface area is 146 Å². The molecule has 0 aliphatic carbocycles. The number of aromatic nitrogens is 1. The predicted molar refractivity (Wildman–Crippen MR) is 97.4 cm³/mol. The van der Waals surface area contributed by atoms with Crippen LogP contribution >= 0.6 is 15.9 Å². The van der Waals surface area contributed by atoms with Gasteiger partial charge in [-0.05, 0) is 46.6 Å². The summed E-state index contributed by atoms with van der Waals surface area (Å²) in [6.45, 7) is 4.80. The highest BCUT2D eigenvalue weighted by molar-refractivity contribution is 9.10. The molecule has 1 N–H and O–H groups in total. The van der Waals surface area contributed by atoms with Gasteiger partial charge in [-0.25, -0.2) is 4.98 Å². The highest BCUT2D eigenvalue weighted by atomic mass is 79.9. The maximum Gasteiger partial charge on any atom is 0.225 e. The van der Waals surface area contributed by atoms with E-state index in [0.29, 0.717) is 6.42 Å². The molecule has 23 heavy (non-hydrogen) atoms. The quantitative estimate of drug-likeness (QED) is 0.714. The van der Waals surface area contributed by atoms with E-state index in [0.717, 1.165) is 36.3 Å². The number of hydrogen-bond donors (Lipinski definition) is 1. The first-order valence-corrected chi connectivity index (χ1v) is 8.64. The van der Waals surface area contributed by atoms with E-state index in [1.807, 2.05) is 18.2 Å². The molecule has 0 radical (unpaired) electrons. The molecule has 0 fully saturated rings. The fourth-order valence-electron chi connectivity index (χ4n) is 2.29. The molecule has 0 bridgehead atoms. The number of rotatable bonds is 8. The third kappa shape index (κ3) is 6.50. The number of pyridine rings is 1. The lowest BCUT2D eigenvalue weighted by Gasteiger charge is -2.20. The summed E-state index contributed by atoms with van der Waals surface area (Å²) in [5.74, 6) is 0.0206. The zero-order chi connectivity index (χ0) is 16.5. The summed E-state index contributed by atoms with van der Waals surface area (Å²) >= 11 is 3.28. The average Bonchev–Trinajstić information content (AvgIpc) is 2.58. The van der Waals surface area contributed by atoms with E-state index in [1.54, 1.807) is 6.20 Å². The van der Waals surface area contributed by atoms with Crippen molar-refractivity contribution in [1.82, 2.24) is 9.88 Å². The molecule has 5 heteroatoms. The van der Waals surface area contributed by atoms with Crippen LogP contribution in [0.1, 0.15) is 18.9 Å². The number of likely N-dealkylation sites (N-methyl/N-ethyl adjacent to an activating group) is 1. The van der Waals surface area contributed by atoms with Gasteiger partial charge in [0.15, 0.2) is 0 Å². The van der Waals surface area contributed by atoms with Gasteiger partial charge in [0.05, 0.1) is 11.9 Å². The number of nitrogens with zero attached hydrogens (tertiary/aromatic N) is 2. The number of carbonyl (C=O) groups is 1. The Bertz CT molecular complexity index is 601. The number of nitrogens with one attached hydrogen (secondary N) is 1. The molecule has 0 saturated carbocycles. The van der Waals surface area contributed by atoms with Crippen LogP contribution in [0, 0.1) is 0 Å². The fourth-order valence-corrected chi connectivity index (χ4v) is 2.53. The minimum Gasteiger partial charge on any atom is -0.325 e. The van der Waals surface area contributed by atoms with Crippen molar-refractivity contribution >= 4 is 27.5 Å². The summed E-state index contributed by atoms with van der Waals surface area (Å²) in [6.07, 6.45) is 3.14. The molecule has 1 aromatic carbocycles. The molecule has 2 aromatic rings. The molecule has 0 aliphatic heterocycles. The maximum absolute atomic E-state index is 12.0. The molecule has 1 heterocycles. The van der Waals surface area contributed by atoms with Crippen LogP contribution in [0.25, 0.3) is 0 Å². The second-order valence-electron chi connectivity index (χ2n) is 5.34. The van der Waals surface area contributed by atoms with E-state index in [9.17, 15) is 4.79 Å². The molecule has 0 unspecified atom stereocenters. The Kier molecular flexibility index (Phi) is 7.23. The molecule has 0 spiro atoms. The normalized spacial score (nSPS) is 10.7. The fraction of sp³-hybridized carbons (Fsp3) is 0.333. The molecular formula is C18H22BrN3O. The highest BCUT2D eigenvalue weighted by Gasteiger charge is 2.07. The maximum atomic E-state index is 12.0. The Hall–Kier alpha value is -1.72. The van der Waals surface area contributed by atoms with Crippen LogP contribution in [-0.4, -0.2) is 35.4 Å². The van der Waals surface area contributed by atoms with Crippen LogP contribution in [0.2, 0.25) is 0 Å². The van der Waals surface area contributed by atoms with Crippen LogP contribution in [-0.2, 0) is 11.2 Å². The Morgan fingerprint density at radius 2 is 1.96 bits per heavy atom. The molecule has 1 amide bonds. The van der Waals surface area contributed by atoms with Gasteiger partial charge in [0.25, 0.3) is 0 Å². The van der Waals surface area contributed by atoms with E-state index < -0.39 is 0 Å². The Balaban J connectivity index is 1.73. The van der Waals surface area contributed by atoms with Gasteiger partial charge in [0.1, 0.15) is 4.60 Å². The average molecular weight is 376 g/mol. The number of amides is 1. The van der Waals surface area contributed by atoms with Gasteiger partial charge in [-0.2, -0.15) is 0 Å². The largest absolute Gasteiger partial charge is 0.325 e. The summed E-state index contributed by atoms with van der Waals surface area (Å²) in [5, 5.41) is 2.87. The van der Waals surface area contributed by atoms with Crippen LogP contribution in [0.3, 0.4) is 0 Å². The second-order valence-corrected chi connectivity index (χ2v) is 6.15. The lowest BCUT2D eigenvalue weighted by Crippen LogP contribution is -2.29. The van der Waals surface area contributed by atoms with Crippen LogP contribution < -0.4 is 5.32 Å². The van der Waals surface area contributed by atoms with E-state index >= 15 is 0 Å². The SMILES string of the molecule is CCN(CCC(=O)Nc1ccc(Br)nc1)CCc1ccccc1. The van der Waals surface area contributed by atoms with Crippen molar-refractivity contribution < 1.29 is 4.79 Å². The molecule has 0 saturated heterocycles. The molecule has 0 atom stereocenters. The zero-order valence-corrected chi connectivity index (χ0v) is 14.9. The molecule has 1 aromatic heterocycles. The lowest BCUT2D eigenvalue weighted by molar-refractivity contribution is -0.116. The minimum absolute atomic E-state index is 0.0206. The summed E-state index contributed by atoms with van der Waals surface area (Å²) in [4.78, 5) is 18.4. The van der Waals surface area contributed by atoms with Gasteiger partial charge in [0.2, 0.25) is 5.91 Å². The van der Waals surface area contributed by atoms with Crippen molar-refractivity contribution in [1.29, 1.82) is 0 Å². The van der Waals surface area contributed by atoms with Gasteiger partial charge in [-0.1, -0.05) is 37.3 Å². The number of carbonyl (C=O) groups excluding carboxylic acids is 1. The number of anilines is 1. The second kappa shape index (κ2) is 9.43.